The standard InChI is InChI=1S/C14H17N3/c1-10-2-4-11(5-3-10)8-14(16)12-9-17-7-6-13(12)15/h2-7,9,14H,8,16H2,1H3,(H2,15,17). The number of pyridine rings is 1. The number of nitrogen functional groups attached to an aromatic ring is 1. The zero-order chi connectivity index (χ0) is 12.3. The van der Waals surface area contributed by atoms with Crippen molar-refractivity contribution in [2.24, 2.45) is 5.73 Å². The SMILES string of the molecule is Cc1ccc(CC(N)c2cnccc2N)cc1. The highest BCUT2D eigenvalue weighted by molar-refractivity contribution is 5.46. The fraction of sp³-hybridized carbons (Fsp3) is 0.214. The molecule has 0 aliphatic carbocycles. The Hall–Kier alpha value is -1.87. The van der Waals surface area contributed by atoms with Gasteiger partial charge in [0.1, 0.15) is 0 Å². The molecule has 0 aliphatic rings. The summed E-state index contributed by atoms with van der Waals surface area (Å²) >= 11 is 0. The maximum Gasteiger partial charge on any atom is 0.0393 e. The number of rotatable bonds is 3. The molecule has 0 spiro atoms. The third-order valence-corrected chi connectivity index (χ3v) is 2.86. The van der Waals surface area contributed by atoms with Gasteiger partial charge in [-0.25, -0.2) is 0 Å². The van der Waals surface area contributed by atoms with Gasteiger partial charge in [-0.05, 0) is 25.0 Å². The van der Waals surface area contributed by atoms with E-state index in [-0.39, 0.29) is 6.04 Å². The number of nitrogens with two attached hydrogens (primary N) is 2. The van der Waals surface area contributed by atoms with Gasteiger partial charge in [0.15, 0.2) is 0 Å². The van der Waals surface area contributed by atoms with E-state index < -0.39 is 0 Å². The van der Waals surface area contributed by atoms with Gasteiger partial charge in [-0.15, -0.1) is 0 Å². The van der Waals surface area contributed by atoms with Gasteiger partial charge in [0.05, 0.1) is 0 Å². The van der Waals surface area contributed by atoms with Gasteiger partial charge in [0.2, 0.25) is 0 Å². The number of hydrogen-bond acceptors (Lipinski definition) is 3. The Morgan fingerprint density at radius 2 is 1.88 bits per heavy atom. The van der Waals surface area contributed by atoms with E-state index in [2.05, 4.69) is 36.2 Å². The highest BCUT2D eigenvalue weighted by Gasteiger charge is 2.10. The summed E-state index contributed by atoms with van der Waals surface area (Å²) in [6, 6.07) is 10.1. The molecule has 4 N–H and O–H groups in total. The quantitative estimate of drug-likeness (QED) is 0.845. The van der Waals surface area contributed by atoms with Crippen LogP contribution >= 0.6 is 0 Å². The number of anilines is 1. The molecule has 1 aromatic heterocycles. The van der Waals surface area contributed by atoms with Gasteiger partial charge in [-0.2, -0.15) is 0 Å². The van der Waals surface area contributed by atoms with Crippen LogP contribution in [0.15, 0.2) is 42.7 Å². The van der Waals surface area contributed by atoms with Gasteiger partial charge < -0.3 is 11.5 Å². The van der Waals surface area contributed by atoms with Crippen LogP contribution in [0.5, 0.6) is 0 Å². The molecule has 17 heavy (non-hydrogen) atoms. The highest BCUT2D eigenvalue weighted by Crippen LogP contribution is 2.20. The van der Waals surface area contributed by atoms with Gasteiger partial charge in [-0.1, -0.05) is 29.8 Å². The predicted octanol–water partition coefficient (Wildman–Crippen LogP) is 2.21. The van der Waals surface area contributed by atoms with Crippen LogP contribution in [-0.4, -0.2) is 4.98 Å². The van der Waals surface area contributed by atoms with Gasteiger partial charge in [0.25, 0.3) is 0 Å². The summed E-state index contributed by atoms with van der Waals surface area (Å²) < 4.78 is 0. The average Bonchev–Trinajstić information content (AvgIpc) is 2.32. The van der Waals surface area contributed by atoms with Crippen molar-refractivity contribution in [3.63, 3.8) is 0 Å². The van der Waals surface area contributed by atoms with Crippen molar-refractivity contribution < 1.29 is 0 Å². The van der Waals surface area contributed by atoms with E-state index in [1.807, 2.05) is 0 Å². The number of benzene rings is 1. The lowest BCUT2D eigenvalue weighted by Gasteiger charge is -2.13. The molecule has 0 aliphatic heterocycles. The van der Waals surface area contributed by atoms with Crippen molar-refractivity contribution in [1.29, 1.82) is 0 Å². The van der Waals surface area contributed by atoms with E-state index in [0.717, 1.165) is 12.0 Å². The third-order valence-electron chi connectivity index (χ3n) is 2.86. The van der Waals surface area contributed by atoms with Crippen molar-refractivity contribution in [3.8, 4) is 0 Å². The Bertz CT molecular complexity index is 491. The maximum absolute atomic E-state index is 6.15. The molecule has 0 radical (unpaired) electrons. The number of nitrogens with zero attached hydrogens (tertiary/aromatic N) is 1. The molecule has 2 aromatic rings. The van der Waals surface area contributed by atoms with Crippen LogP contribution in [0.1, 0.15) is 22.7 Å². The van der Waals surface area contributed by atoms with E-state index in [4.69, 9.17) is 11.5 Å². The van der Waals surface area contributed by atoms with Crippen LogP contribution in [0.2, 0.25) is 0 Å². The minimum atomic E-state index is -0.105. The summed E-state index contributed by atoms with van der Waals surface area (Å²) in [5, 5.41) is 0. The van der Waals surface area contributed by atoms with Gasteiger partial charge in [0, 0.05) is 29.7 Å². The molecule has 1 unspecified atom stereocenters. The van der Waals surface area contributed by atoms with E-state index in [0.29, 0.717) is 5.69 Å². The van der Waals surface area contributed by atoms with E-state index in [1.54, 1.807) is 18.5 Å². The molecule has 0 saturated carbocycles. The molecular weight excluding hydrogens is 210 g/mol. The Labute approximate surface area is 101 Å². The molecule has 88 valence electrons. The minimum absolute atomic E-state index is 0.105. The summed E-state index contributed by atoms with van der Waals surface area (Å²) in [4.78, 5) is 4.06. The second-order valence-electron chi connectivity index (χ2n) is 4.30. The van der Waals surface area contributed by atoms with Crippen LogP contribution in [0.3, 0.4) is 0 Å². The highest BCUT2D eigenvalue weighted by atomic mass is 14.7. The van der Waals surface area contributed by atoms with Crippen LogP contribution in [0, 0.1) is 6.92 Å². The fourth-order valence-electron chi connectivity index (χ4n) is 1.82. The summed E-state index contributed by atoms with van der Waals surface area (Å²) in [5.74, 6) is 0. The molecular formula is C14H17N3. The first-order valence-corrected chi connectivity index (χ1v) is 5.67. The Balaban J connectivity index is 2.14. The smallest absolute Gasteiger partial charge is 0.0393 e. The zero-order valence-electron chi connectivity index (χ0n) is 9.93. The molecule has 3 nitrogen and oxygen atoms in total. The molecule has 0 bridgehead atoms. The van der Waals surface area contributed by atoms with Crippen LogP contribution in [0.4, 0.5) is 5.69 Å². The van der Waals surface area contributed by atoms with E-state index in [9.17, 15) is 0 Å². The Morgan fingerprint density at radius 3 is 2.53 bits per heavy atom. The third kappa shape index (κ3) is 2.82. The summed E-state index contributed by atoms with van der Waals surface area (Å²) in [6.07, 6.45) is 4.20. The molecule has 1 aromatic carbocycles. The van der Waals surface area contributed by atoms with Gasteiger partial charge in [-0.3, -0.25) is 4.98 Å². The van der Waals surface area contributed by atoms with Crippen molar-refractivity contribution in [1.82, 2.24) is 4.98 Å². The largest absolute Gasteiger partial charge is 0.398 e. The van der Waals surface area contributed by atoms with Crippen LogP contribution < -0.4 is 11.5 Å². The van der Waals surface area contributed by atoms with Crippen LogP contribution in [0.25, 0.3) is 0 Å². The van der Waals surface area contributed by atoms with Crippen molar-refractivity contribution in [3.05, 3.63) is 59.4 Å². The Kier molecular flexibility index (Phi) is 3.40. The first kappa shape index (κ1) is 11.6. The number of aryl methyl sites for hydroxylation is 1. The van der Waals surface area contributed by atoms with E-state index >= 15 is 0 Å². The lowest BCUT2D eigenvalue weighted by molar-refractivity contribution is 0.720. The monoisotopic (exact) mass is 227 g/mol. The van der Waals surface area contributed by atoms with Crippen molar-refractivity contribution in [2.45, 2.75) is 19.4 Å². The second kappa shape index (κ2) is 4.97. The van der Waals surface area contributed by atoms with Crippen molar-refractivity contribution in [2.75, 3.05) is 5.73 Å². The maximum atomic E-state index is 6.15. The van der Waals surface area contributed by atoms with E-state index in [1.165, 1.54) is 11.1 Å². The molecule has 1 heterocycles. The number of aromatic nitrogens is 1. The second-order valence-corrected chi connectivity index (χ2v) is 4.30. The normalized spacial score (nSPS) is 12.4. The minimum Gasteiger partial charge on any atom is -0.398 e. The molecule has 1 atom stereocenters. The van der Waals surface area contributed by atoms with Crippen molar-refractivity contribution >= 4 is 5.69 Å². The molecule has 0 amide bonds. The zero-order valence-corrected chi connectivity index (χ0v) is 9.93. The first-order chi connectivity index (χ1) is 8.16. The molecule has 0 fully saturated rings. The number of hydrogen-bond donors (Lipinski definition) is 2. The molecule has 0 saturated heterocycles. The first-order valence-electron chi connectivity index (χ1n) is 5.67. The predicted molar refractivity (Wildman–Crippen MR) is 70.5 cm³/mol. The molecule has 2 rings (SSSR count). The van der Waals surface area contributed by atoms with Crippen LogP contribution in [-0.2, 0) is 6.42 Å². The molecule has 3 heteroatoms. The van der Waals surface area contributed by atoms with Gasteiger partial charge >= 0.3 is 0 Å². The lowest BCUT2D eigenvalue weighted by Crippen LogP contribution is -2.15. The lowest BCUT2D eigenvalue weighted by atomic mass is 9.99. The Morgan fingerprint density at radius 1 is 1.18 bits per heavy atom. The summed E-state index contributed by atoms with van der Waals surface area (Å²) in [5.41, 5.74) is 16.1. The summed E-state index contributed by atoms with van der Waals surface area (Å²) in [6.45, 7) is 2.07. The fourth-order valence-corrected chi connectivity index (χ4v) is 1.82. The topological polar surface area (TPSA) is 64.9 Å². The average molecular weight is 227 g/mol. The summed E-state index contributed by atoms with van der Waals surface area (Å²) in [7, 11) is 0.